The number of nitrogens with zero attached hydrogens (tertiary/aromatic N) is 6. The molecule has 0 unspecified atom stereocenters. The van der Waals surface area contributed by atoms with Gasteiger partial charge in [0.15, 0.2) is 0 Å². The van der Waals surface area contributed by atoms with Gasteiger partial charge in [0, 0.05) is 36.8 Å². The molecule has 1 aromatic carbocycles. The molecule has 0 spiro atoms. The van der Waals surface area contributed by atoms with E-state index < -0.39 is 0 Å². The highest BCUT2D eigenvalue weighted by Crippen LogP contribution is 2.26. The number of pyridine rings is 1. The summed E-state index contributed by atoms with van der Waals surface area (Å²) in [5.74, 6) is 0.289. The van der Waals surface area contributed by atoms with Crippen LogP contribution in [0.1, 0.15) is 39.8 Å². The lowest BCUT2D eigenvalue weighted by Gasteiger charge is -2.19. The molecule has 3 heterocycles. The molecule has 0 atom stereocenters. The standard InChI is InChI=1S/C24H27N7O/c1-6-31-16(4)17(11-27-31)13-30(5)24(32)19-10-21(22-12-26-23(25)15(3)28-22)29-20-8-7-14(2)9-18(19)20/h7-12H,6,13H2,1-5H3,(H2,25,26). The van der Waals surface area contributed by atoms with Gasteiger partial charge in [-0.2, -0.15) is 5.10 Å². The van der Waals surface area contributed by atoms with Gasteiger partial charge in [0.2, 0.25) is 0 Å². The first kappa shape index (κ1) is 21.4. The fourth-order valence-electron chi connectivity index (χ4n) is 3.75. The van der Waals surface area contributed by atoms with Crippen molar-refractivity contribution in [1.82, 2.24) is 29.6 Å². The Bertz CT molecular complexity index is 1330. The van der Waals surface area contributed by atoms with Crippen molar-refractivity contribution in [1.29, 1.82) is 0 Å². The Morgan fingerprint density at radius 3 is 2.56 bits per heavy atom. The minimum absolute atomic E-state index is 0.0898. The van der Waals surface area contributed by atoms with Crippen LogP contribution in [0.15, 0.2) is 36.7 Å². The van der Waals surface area contributed by atoms with Gasteiger partial charge in [0.1, 0.15) is 11.5 Å². The van der Waals surface area contributed by atoms with E-state index in [1.165, 1.54) is 0 Å². The highest BCUT2D eigenvalue weighted by atomic mass is 16.2. The lowest BCUT2D eigenvalue weighted by molar-refractivity contribution is 0.0787. The summed E-state index contributed by atoms with van der Waals surface area (Å²) in [5, 5.41) is 5.21. The topological polar surface area (TPSA) is 103 Å². The van der Waals surface area contributed by atoms with Crippen molar-refractivity contribution in [3.05, 3.63) is 64.7 Å². The van der Waals surface area contributed by atoms with Crippen LogP contribution < -0.4 is 5.73 Å². The van der Waals surface area contributed by atoms with E-state index in [4.69, 9.17) is 10.7 Å². The molecule has 0 bridgehead atoms. The van der Waals surface area contributed by atoms with Crippen molar-refractivity contribution in [3.8, 4) is 11.4 Å². The minimum Gasteiger partial charge on any atom is -0.382 e. The lowest BCUT2D eigenvalue weighted by atomic mass is 10.0. The van der Waals surface area contributed by atoms with E-state index in [-0.39, 0.29) is 5.91 Å². The molecule has 2 N–H and O–H groups in total. The Labute approximate surface area is 187 Å². The maximum absolute atomic E-state index is 13.6. The molecule has 0 aliphatic carbocycles. The van der Waals surface area contributed by atoms with Crippen molar-refractivity contribution < 1.29 is 4.79 Å². The number of aryl methyl sites for hydroxylation is 3. The zero-order valence-electron chi connectivity index (χ0n) is 19.0. The van der Waals surface area contributed by atoms with Crippen LogP contribution in [-0.2, 0) is 13.1 Å². The summed E-state index contributed by atoms with van der Waals surface area (Å²) in [7, 11) is 1.81. The number of carbonyl (C=O) groups excluding carboxylic acids is 1. The van der Waals surface area contributed by atoms with E-state index >= 15 is 0 Å². The van der Waals surface area contributed by atoms with Crippen LogP contribution in [-0.4, -0.2) is 42.6 Å². The normalized spacial score (nSPS) is 11.2. The summed E-state index contributed by atoms with van der Waals surface area (Å²) in [5.41, 5.74) is 12.1. The molecule has 8 heteroatoms. The Kier molecular flexibility index (Phi) is 5.61. The van der Waals surface area contributed by atoms with Crippen LogP contribution in [0.2, 0.25) is 0 Å². The van der Waals surface area contributed by atoms with E-state index in [2.05, 4.69) is 15.1 Å². The number of amides is 1. The molecule has 0 saturated carbocycles. The number of rotatable bonds is 5. The summed E-state index contributed by atoms with van der Waals surface area (Å²) in [4.78, 5) is 28.8. The van der Waals surface area contributed by atoms with Crippen LogP contribution in [0.25, 0.3) is 22.3 Å². The van der Waals surface area contributed by atoms with Gasteiger partial charge in [-0.15, -0.1) is 0 Å². The predicted octanol–water partition coefficient (Wildman–Crippen LogP) is 3.69. The summed E-state index contributed by atoms with van der Waals surface area (Å²) in [6.07, 6.45) is 3.42. The molecule has 0 radical (unpaired) electrons. The van der Waals surface area contributed by atoms with Crippen molar-refractivity contribution in [2.24, 2.45) is 0 Å². The van der Waals surface area contributed by atoms with Gasteiger partial charge < -0.3 is 10.6 Å². The van der Waals surface area contributed by atoms with Crippen molar-refractivity contribution in [2.75, 3.05) is 12.8 Å². The fourth-order valence-corrected chi connectivity index (χ4v) is 3.75. The van der Waals surface area contributed by atoms with Gasteiger partial charge in [0.25, 0.3) is 5.91 Å². The lowest BCUT2D eigenvalue weighted by Crippen LogP contribution is -2.27. The highest BCUT2D eigenvalue weighted by Gasteiger charge is 2.20. The number of fused-ring (bicyclic) bond motifs is 1. The van der Waals surface area contributed by atoms with Gasteiger partial charge in [0.05, 0.1) is 34.9 Å². The van der Waals surface area contributed by atoms with E-state index in [9.17, 15) is 4.79 Å². The number of nitrogen functional groups attached to an aromatic ring is 1. The molecular weight excluding hydrogens is 402 g/mol. The van der Waals surface area contributed by atoms with Gasteiger partial charge in [-0.3, -0.25) is 9.48 Å². The third-order valence-electron chi connectivity index (χ3n) is 5.70. The number of hydrogen-bond acceptors (Lipinski definition) is 6. The third-order valence-corrected chi connectivity index (χ3v) is 5.70. The molecule has 0 fully saturated rings. The molecule has 32 heavy (non-hydrogen) atoms. The van der Waals surface area contributed by atoms with Gasteiger partial charge in [-0.1, -0.05) is 11.6 Å². The van der Waals surface area contributed by atoms with Crippen molar-refractivity contribution in [3.63, 3.8) is 0 Å². The van der Waals surface area contributed by atoms with Gasteiger partial charge >= 0.3 is 0 Å². The summed E-state index contributed by atoms with van der Waals surface area (Å²) in [6.45, 7) is 9.14. The molecule has 0 aliphatic heterocycles. The quantitative estimate of drug-likeness (QED) is 0.519. The Balaban J connectivity index is 1.78. The first-order valence-electron chi connectivity index (χ1n) is 10.6. The number of hydrogen-bond donors (Lipinski definition) is 1. The summed E-state index contributed by atoms with van der Waals surface area (Å²) in [6, 6.07) is 7.70. The molecule has 0 saturated heterocycles. The SMILES string of the molecule is CCn1ncc(CN(C)C(=O)c2cc(-c3cnc(N)c(C)n3)nc3ccc(C)cc23)c1C. The Morgan fingerprint density at radius 1 is 1.09 bits per heavy atom. The van der Waals surface area contributed by atoms with E-state index in [1.54, 1.807) is 31.1 Å². The fraction of sp³-hybridized carbons (Fsp3) is 0.292. The van der Waals surface area contributed by atoms with Crippen molar-refractivity contribution in [2.45, 2.75) is 40.8 Å². The molecule has 164 valence electrons. The minimum atomic E-state index is -0.0898. The van der Waals surface area contributed by atoms with E-state index in [1.807, 2.05) is 49.8 Å². The molecule has 1 amide bonds. The maximum atomic E-state index is 13.6. The van der Waals surface area contributed by atoms with Gasteiger partial charge in [-0.25, -0.2) is 15.0 Å². The largest absolute Gasteiger partial charge is 0.382 e. The Hall–Kier alpha value is -3.81. The number of anilines is 1. The van der Waals surface area contributed by atoms with Crippen LogP contribution in [0, 0.1) is 20.8 Å². The second-order valence-electron chi connectivity index (χ2n) is 8.03. The molecule has 3 aromatic heterocycles. The molecule has 4 rings (SSSR count). The average Bonchev–Trinajstić information content (AvgIpc) is 3.13. The number of carbonyl (C=O) groups is 1. The third kappa shape index (κ3) is 3.91. The smallest absolute Gasteiger partial charge is 0.254 e. The van der Waals surface area contributed by atoms with E-state index in [0.717, 1.165) is 34.3 Å². The zero-order chi connectivity index (χ0) is 23.0. The maximum Gasteiger partial charge on any atom is 0.254 e. The van der Waals surface area contributed by atoms with E-state index in [0.29, 0.717) is 35.0 Å². The second-order valence-corrected chi connectivity index (χ2v) is 8.03. The van der Waals surface area contributed by atoms with Gasteiger partial charge in [-0.05, 0) is 45.9 Å². The summed E-state index contributed by atoms with van der Waals surface area (Å²) >= 11 is 0. The summed E-state index contributed by atoms with van der Waals surface area (Å²) < 4.78 is 1.93. The highest BCUT2D eigenvalue weighted by molar-refractivity contribution is 6.07. The van der Waals surface area contributed by atoms with Crippen LogP contribution in [0.5, 0.6) is 0 Å². The van der Waals surface area contributed by atoms with Crippen LogP contribution in [0.3, 0.4) is 0 Å². The average molecular weight is 430 g/mol. The molecule has 4 aromatic rings. The first-order valence-corrected chi connectivity index (χ1v) is 10.6. The monoisotopic (exact) mass is 429 g/mol. The van der Waals surface area contributed by atoms with Crippen molar-refractivity contribution >= 4 is 22.6 Å². The zero-order valence-corrected chi connectivity index (χ0v) is 19.0. The second kappa shape index (κ2) is 8.37. The first-order chi connectivity index (χ1) is 15.3. The molecule has 0 aliphatic rings. The number of aromatic nitrogens is 5. The Morgan fingerprint density at radius 2 is 1.88 bits per heavy atom. The van der Waals surface area contributed by atoms with Crippen LogP contribution in [0.4, 0.5) is 5.82 Å². The predicted molar refractivity (Wildman–Crippen MR) is 125 cm³/mol. The number of nitrogens with two attached hydrogens (primary N) is 1. The molecule has 8 nitrogen and oxygen atoms in total. The number of benzene rings is 1. The van der Waals surface area contributed by atoms with Crippen LogP contribution >= 0.6 is 0 Å². The molecular formula is C24H27N7O.